The molecule has 10 heteroatoms. The van der Waals surface area contributed by atoms with Crippen LogP contribution in [0.2, 0.25) is 0 Å². The molecule has 1 aromatic rings. The summed E-state index contributed by atoms with van der Waals surface area (Å²) in [6, 6.07) is 3.66. The van der Waals surface area contributed by atoms with Gasteiger partial charge in [0.2, 0.25) is 15.9 Å². The molecule has 3 rings (SSSR count). The number of rotatable bonds is 5. The fourth-order valence-electron chi connectivity index (χ4n) is 2.90. The molecule has 1 aliphatic heterocycles. The van der Waals surface area contributed by atoms with Gasteiger partial charge < -0.3 is 4.90 Å². The van der Waals surface area contributed by atoms with Gasteiger partial charge in [-0.1, -0.05) is 18.2 Å². The van der Waals surface area contributed by atoms with Crippen molar-refractivity contribution in [1.82, 2.24) is 9.21 Å². The van der Waals surface area contributed by atoms with E-state index in [-0.39, 0.29) is 23.4 Å². The number of hydrogen-bond donors (Lipinski definition) is 0. The molecular weight excluding hydrogens is 389 g/mol. The van der Waals surface area contributed by atoms with E-state index in [4.69, 9.17) is 0 Å². The van der Waals surface area contributed by atoms with Crippen LogP contribution >= 0.6 is 11.8 Å². The Morgan fingerprint density at radius 1 is 1.35 bits per heavy atom. The monoisotopic (exact) mass is 408 g/mol. The van der Waals surface area contributed by atoms with Crippen molar-refractivity contribution < 1.29 is 26.4 Å². The third kappa shape index (κ3) is 4.17. The third-order valence-corrected chi connectivity index (χ3v) is 7.50. The van der Waals surface area contributed by atoms with Crippen molar-refractivity contribution in [3.05, 3.63) is 35.4 Å². The van der Waals surface area contributed by atoms with Crippen LogP contribution in [0.3, 0.4) is 0 Å². The molecule has 5 nitrogen and oxygen atoms in total. The number of hydrogen-bond acceptors (Lipinski definition) is 4. The Kier molecular flexibility index (Phi) is 5.28. The molecule has 1 aliphatic carbocycles. The molecule has 1 atom stereocenters. The van der Waals surface area contributed by atoms with E-state index >= 15 is 0 Å². The van der Waals surface area contributed by atoms with Crippen LogP contribution < -0.4 is 0 Å². The van der Waals surface area contributed by atoms with Crippen LogP contribution in [0.15, 0.2) is 24.3 Å². The number of likely N-dealkylation sites (N-methyl/N-ethyl adjacent to an activating group) is 1. The van der Waals surface area contributed by atoms with Crippen molar-refractivity contribution in [2.75, 3.05) is 18.7 Å². The summed E-state index contributed by atoms with van der Waals surface area (Å²) in [6.45, 7) is 0. The average Bonchev–Trinajstić information content (AvgIpc) is 3.28. The zero-order chi connectivity index (χ0) is 19.1. The van der Waals surface area contributed by atoms with E-state index in [9.17, 15) is 26.4 Å². The highest BCUT2D eigenvalue weighted by atomic mass is 32.2. The van der Waals surface area contributed by atoms with E-state index in [0.717, 1.165) is 29.3 Å². The highest BCUT2D eigenvalue weighted by molar-refractivity contribution is 8.00. The first kappa shape index (κ1) is 19.5. The van der Waals surface area contributed by atoms with E-state index in [2.05, 4.69) is 0 Å². The smallest absolute Gasteiger partial charge is 0.341 e. The molecular formula is C16H19F3N2O3S2. The molecule has 0 spiro atoms. The number of benzene rings is 1. The molecule has 0 radical (unpaired) electrons. The summed E-state index contributed by atoms with van der Waals surface area (Å²) in [5, 5.41) is 0. The normalized spacial score (nSPS) is 21.8. The summed E-state index contributed by atoms with van der Waals surface area (Å²) < 4.78 is 65.1. The van der Waals surface area contributed by atoms with Gasteiger partial charge in [0.1, 0.15) is 6.04 Å². The number of carbonyl (C=O) groups excluding carboxylic acids is 1. The van der Waals surface area contributed by atoms with Crippen molar-refractivity contribution in [2.24, 2.45) is 0 Å². The molecule has 1 heterocycles. The van der Waals surface area contributed by atoms with Gasteiger partial charge in [-0.15, -0.1) is 11.8 Å². The molecule has 144 valence electrons. The van der Waals surface area contributed by atoms with Crippen LogP contribution in [0, 0.1) is 0 Å². The largest absolute Gasteiger partial charge is 0.416 e. The Hall–Kier alpha value is -1.26. The van der Waals surface area contributed by atoms with Crippen molar-refractivity contribution >= 4 is 27.7 Å². The van der Waals surface area contributed by atoms with Crippen LogP contribution in [0.1, 0.15) is 24.0 Å². The molecule has 26 heavy (non-hydrogen) atoms. The lowest BCUT2D eigenvalue weighted by Gasteiger charge is -2.27. The molecule has 2 aliphatic rings. The van der Waals surface area contributed by atoms with Crippen LogP contribution in [0.25, 0.3) is 0 Å². The first-order chi connectivity index (χ1) is 12.1. The van der Waals surface area contributed by atoms with Crippen molar-refractivity contribution in [3.8, 4) is 0 Å². The zero-order valence-electron chi connectivity index (χ0n) is 14.1. The second-order valence-electron chi connectivity index (χ2n) is 6.54. The molecule has 1 saturated heterocycles. The second-order valence-corrected chi connectivity index (χ2v) is 9.46. The Morgan fingerprint density at radius 2 is 2.04 bits per heavy atom. The first-order valence-electron chi connectivity index (χ1n) is 8.09. The van der Waals surface area contributed by atoms with Crippen molar-refractivity contribution in [1.29, 1.82) is 0 Å². The quantitative estimate of drug-likeness (QED) is 0.751. The van der Waals surface area contributed by atoms with Gasteiger partial charge >= 0.3 is 6.18 Å². The van der Waals surface area contributed by atoms with Crippen LogP contribution in [-0.2, 0) is 26.7 Å². The highest BCUT2D eigenvalue weighted by Gasteiger charge is 2.43. The summed E-state index contributed by atoms with van der Waals surface area (Å²) in [5.41, 5.74) is -0.833. The molecule has 0 aromatic heterocycles. The van der Waals surface area contributed by atoms with Gasteiger partial charge in [-0.3, -0.25) is 4.79 Å². The van der Waals surface area contributed by atoms with Gasteiger partial charge in [-0.2, -0.15) is 17.5 Å². The third-order valence-electron chi connectivity index (χ3n) is 4.53. The Bertz CT molecular complexity index is 794. The predicted molar refractivity (Wildman–Crippen MR) is 92.8 cm³/mol. The first-order valence-corrected chi connectivity index (χ1v) is 10.9. The SMILES string of the molecule is CN(C(=O)C1CSCN1S(=O)(=O)Cc1cccc(C(F)(F)F)c1)C1CC1. The summed E-state index contributed by atoms with van der Waals surface area (Å²) in [5.74, 6) is -0.312. The van der Waals surface area contributed by atoms with E-state index in [1.54, 1.807) is 11.9 Å². The van der Waals surface area contributed by atoms with Crippen molar-refractivity contribution in [2.45, 2.75) is 36.9 Å². The number of nitrogens with zero attached hydrogens (tertiary/aromatic N) is 2. The number of thioether (sulfide) groups is 1. The van der Waals surface area contributed by atoms with Crippen molar-refractivity contribution in [3.63, 3.8) is 0 Å². The van der Waals surface area contributed by atoms with Gasteiger partial charge in [-0.05, 0) is 24.5 Å². The van der Waals surface area contributed by atoms with Gasteiger partial charge in [-0.25, -0.2) is 8.42 Å². The Morgan fingerprint density at radius 3 is 2.65 bits per heavy atom. The fourth-order valence-corrected chi connectivity index (χ4v) is 6.19. The highest BCUT2D eigenvalue weighted by Crippen LogP contribution is 2.33. The van der Waals surface area contributed by atoms with E-state index in [1.165, 1.54) is 23.9 Å². The number of sulfonamides is 1. The Balaban J connectivity index is 1.78. The van der Waals surface area contributed by atoms with Gasteiger partial charge in [0.05, 0.1) is 17.2 Å². The molecule has 1 amide bonds. The van der Waals surface area contributed by atoms with Crippen LogP contribution in [0.4, 0.5) is 13.2 Å². The number of halogens is 3. The molecule has 0 N–H and O–H groups in total. The van der Waals surface area contributed by atoms with Gasteiger partial charge in [0.15, 0.2) is 0 Å². The minimum atomic E-state index is -4.53. The molecule has 2 fully saturated rings. The van der Waals surface area contributed by atoms with E-state index < -0.39 is 33.6 Å². The zero-order valence-corrected chi connectivity index (χ0v) is 15.7. The summed E-state index contributed by atoms with van der Waals surface area (Å²) >= 11 is 1.33. The van der Waals surface area contributed by atoms with Gasteiger partial charge in [0.25, 0.3) is 0 Å². The minimum Gasteiger partial charge on any atom is -0.341 e. The number of alkyl halides is 3. The summed E-state index contributed by atoms with van der Waals surface area (Å²) in [7, 11) is -2.24. The molecule has 0 bridgehead atoms. The minimum absolute atomic E-state index is 0.0541. The Labute approximate surface area is 154 Å². The molecule has 1 aromatic carbocycles. The number of amides is 1. The topological polar surface area (TPSA) is 57.7 Å². The second kappa shape index (κ2) is 7.05. The lowest BCUT2D eigenvalue weighted by molar-refractivity contribution is -0.137. The molecule has 1 unspecified atom stereocenters. The fraction of sp³-hybridized carbons (Fsp3) is 0.562. The van der Waals surface area contributed by atoms with Crippen LogP contribution in [-0.4, -0.2) is 54.3 Å². The maximum atomic E-state index is 12.8. The lowest BCUT2D eigenvalue weighted by atomic mass is 10.1. The maximum Gasteiger partial charge on any atom is 0.416 e. The number of carbonyl (C=O) groups is 1. The van der Waals surface area contributed by atoms with E-state index in [1.807, 2.05) is 0 Å². The average molecular weight is 408 g/mol. The maximum absolute atomic E-state index is 12.8. The van der Waals surface area contributed by atoms with Gasteiger partial charge in [0, 0.05) is 18.8 Å². The van der Waals surface area contributed by atoms with Crippen LogP contribution in [0.5, 0.6) is 0 Å². The molecule has 1 saturated carbocycles. The summed E-state index contributed by atoms with van der Waals surface area (Å²) in [6.07, 6.45) is -2.70. The standard InChI is InChI=1S/C16H19F3N2O3S2/c1-20(13-5-6-13)15(22)14-8-25-10-21(14)26(23,24)9-11-3-2-4-12(7-11)16(17,18)19/h2-4,7,13-14H,5-6,8-10H2,1H3. The predicted octanol–water partition coefficient (Wildman–Crippen LogP) is 2.53. The lowest BCUT2D eigenvalue weighted by Crippen LogP contribution is -2.48. The van der Waals surface area contributed by atoms with E-state index in [0.29, 0.717) is 5.75 Å². The summed E-state index contributed by atoms with van der Waals surface area (Å²) in [4.78, 5) is 14.2.